The number of rotatable bonds is 6. The van der Waals surface area contributed by atoms with Crippen molar-refractivity contribution in [2.75, 3.05) is 33.4 Å². The van der Waals surface area contributed by atoms with Crippen LogP contribution in [0.3, 0.4) is 0 Å². The van der Waals surface area contributed by atoms with Crippen LogP contribution >= 0.6 is 12.4 Å². The van der Waals surface area contributed by atoms with Gasteiger partial charge in [-0.25, -0.2) is 4.39 Å². The van der Waals surface area contributed by atoms with E-state index in [4.69, 9.17) is 4.74 Å². The predicted molar refractivity (Wildman–Crippen MR) is 128 cm³/mol. The van der Waals surface area contributed by atoms with Gasteiger partial charge >= 0.3 is 0 Å². The number of fused-ring (bicyclic) bond motifs is 1. The maximum Gasteiger partial charge on any atom is 0.256 e. The molecule has 0 bridgehead atoms. The van der Waals surface area contributed by atoms with Crippen LogP contribution in [0.4, 0.5) is 4.39 Å². The van der Waals surface area contributed by atoms with Crippen LogP contribution in [0.1, 0.15) is 55.3 Å². The number of piperazine rings is 1. The highest BCUT2D eigenvalue weighted by Gasteiger charge is 2.39. The van der Waals surface area contributed by atoms with Gasteiger partial charge in [-0.1, -0.05) is 31.4 Å². The summed E-state index contributed by atoms with van der Waals surface area (Å²) in [5.41, 5.74) is 1.74. The van der Waals surface area contributed by atoms with Crippen LogP contribution in [-0.4, -0.2) is 65.8 Å². The fourth-order valence-electron chi connectivity index (χ4n) is 5.70. The van der Waals surface area contributed by atoms with Gasteiger partial charge in [-0.15, -0.1) is 12.4 Å². The van der Waals surface area contributed by atoms with Gasteiger partial charge < -0.3 is 14.2 Å². The highest BCUT2D eigenvalue weighted by atomic mass is 35.5. The third-order valence-corrected chi connectivity index (χ3v) is 7.50. The first-order chi connectivity index (χ1) is 15.2. The summed E-state index contributed by atoms with van der Waals surface area (Å²) < 4.78 is 21.7. The van der Waals surface area contributed by atoms with E-state index in [1.165, 1.54) is 44.9 Å². The Morgan fingerprint density at radius 3 is 2.59 bits per heavy atom. The van der Waals surface area contributed by atoms with Gasteiger partial charge in [0.25, 0.3) is 5.91 Å². The highest BCUT2D eigenvalue weighted by molar-refractivity contribution is 6.08. The molecule has 0 spiro atoms. The molecule has 5 nitrogen and oxygen atoms in total. The zero-order chi connectivity index (χ0) is 21.4. The molecule has 1 aromatic heterocycles. The van der Waals surface area contributed by atoms with Crippen molar-refractivity contribution in [2.45, 2.75) is 63.6 Å². The normalized spacial score (nSPS) is 22.7. The lowest BCUT2D eigenvalue weighted by molar-refractivity contribution is 0.0398. The molecule has 2 saturated carbocycles. The van der Waals surface area contributed by atoms with E-state index in [1.807, 2.05) is 29.3 Å². The number of hydrogen-bond acceptors (Lipinski definition) is 3. The first-order valence-electron chi connectivity index (χ1n) is 12.0. The second-order valence-corrected chi connectivity index (χ2v) is 9.58. The number of halogens is 2. The average molecular weight is 464 g/mol. The number of hydrogen-bond donors (Lipinski definition) is 0. The lowest BCUT2D eigenvalue weighted by Crippen LogP contribution is -2.56. The van der Waals surface area contributed by atoms with E-state index in [-0.39, 0.29) is 24.4 Å². The number of methoxy groups -OCH3 is 1. The van der Waals surface area contributed by atoms with Crippen LogP contribution in [0.2, 0.25) is 0 Å². The van der Waals surface area contributed by atoms with Gasteiger partial charge in [0.1, 0.15) is 12.4 Å². The molecule has 5 rings (SSSR count). The number of amides is 1. The summed E-state index contributed by atoms with van der Waals surface area (Å²) in [7, 11) is 1.69. The monoisotopic (exact) mass is 463 g/mol. The zero-order valence-electron chi connectivity index (χ0n) is 19.0. The number of carbonyl (C=O) groups excluding carboxylic acids is 1. The van der Waals surface area contributed by atoms with Gasteiger partial charge in [0.05, 0.1) is 24.2 Å². The Balaban J connectivity index is 0.00000245. The third kappa shape index (κ3) is 4.49. The lowest BCUT2D eigenvalue weighted by Gasteiger charge is -2.40. The quantitative estimate of drug-likeness (QED) is 0.610. The molecule has 0 radical (unpaired) electrons. The number of para-hydroxylation sites is 1. The Bertz CT molecular complexity index is 939. The maximum absolute atomic E-state index is 13.8. The molecular formula is C25H35ClFN3O2. The van der Waals surface area contributed by atoms with Crippen LogP contribution in [0.15, 0.2) is 24.4 Å². The minimum absolute atomic E-state index is 0. The van der Waals surface area contributed by atoms with Crippen molar-refractivity contribution in [1.82, 2.24) is 14.4 Å². The number of alkyl halides is 1. The van der Waals surface area contributed by atoms with E-state index < -0.39 is 6.67 Å². The average Bonchev–Trinajstić information content (AvgIpc) is 3.60. The molecular weight excluding hydrogens is 429 g/mol. The van der Waals surface area contributed by atoms with E-state index in [0.717, 1.165) is 35.3 Å². The minimum Gasteiger partial charge on any atom is -0.495 e. The molecule has 0 N–H and O–H groups in total. The van der Waals surface area contributed by atoms with E-state index in [9.17, 15) is 9.18 Å². The van der Waals surface area contributed by atoms with E-state index in [2.05, 4.69) is 9.47 Å². The zero-order valence-corrected chi connectivity index (χ0v) is 19.8. The van der Waals surface area contributed by atoms with Gasteiger partial charge in [0, 0.05) is 43.8 Å². The Morgan fingerprint density at radius 2 is 1.91 bits per heavy atom. The summed E-state index contributed by atoms with van der Waals surface area (Å²) in [4.78, 5) is 17.7. The molecule has 3 fully saturated rings. The number of carbonyl (C=O) groups is 1. The molecule has 1 unspecified atom stereocenters. The second kappa shape index (κ2) is 10.0. The van der Waals surface area contributed by atoms with Gasteiger partial charge in [-0.05, 0) is 37.7 Å². The first-order valence-corrected chi connectivity index (χ1v) is 12.0. The topological polar surface area (TPSA) is 37.7 Å². The summed E-state index contributed by atoms with van der Waals surface area (Å²) in [6.45, 7) is 2.45. The maximum atomic E-state index is 13.8. The molecule has 2 aliphatic carbocycles. The second-order valence-electron chi connectivity index (χ2n) is 9.58. The standard InChI is InChI=1S/C25H34FN3O2.ClH/c1-31-23-9-5-8-21-22(17-28(24(21)23)15-18-6-3-2-4-7-18)25(30)27-12-13-29(19-10-11-19)20(14-26)16-27;/h5,8-9,17-20H,2-4,6-7,10-16H2,1H3;1H. The van der Waals surface area contributed by atoms with E-state index in [0.29, 0.717) is 25.0 Å². The molecule has 1 aromatic carbocycles. The van der Waals surface area contributed by atoms with Crippen molar-refractivity contribution in [3.63, 3.8) is 0 Å². The summed E-state index contributed by atoms with van der Waals surface area (Å²) in [5, 5.41) is 0.946. The number of ether oxygens (including phenoxy) is 1. The van der Waals surface area contributed by atoms with Gasteiger partial charge in [0.15, 0.2) is 0 Å². The molecule has 32 heavy (non-hydrogen) atoms. The summed E-state index contributed by atoms with van der Waals surface area (Å²) in [6.07, 6.45) is 10.8. The van der Waals surface area contributed by atoms with Gasteiger partial charge in [-0.3, -0.25) is 9.69 Å². The Kier molecular flexibility index (Phi) is 7.30. The fourth-order valence-corrected chi connectivity index (χ4v) is 5.70. The molecule has 176 valence electrons. The highest BCUT2D eigenvalue weighted by Crippen LogP contribution is 2.35. The molecule has 1 atom stereocenters. The van der Waals surface area contributed by atoms with Crippen LogP contribution in [0, 0.1) is 5.92 Å². The van der Waals surface area contributed by atoms with Crippen molar-refractivity contribution in [2.24, 2.45) is 5.92 Å². The molecule has 2 heterocycles. The van der Waals surface area contributed by atoms with Crippen molar-refractivity contribution in [3.8, 4) is 5.75 Å². The van der Waals surface area contributed by atoms with Crippen LogP contribution < -0.4 is 4.74 Å². The molecule has 3 aliphatic rings. The summed E-state index contributed by atoms with van der Waals surface area (Å²) in [5.74, 6) is 1.48. The molecule has 1 saturated heterocycles. The van der Waals surface area contributed by atoms with Gasteiger partial charge in [-0.2, -0.15) is 0 Å². The first kappa shape index (κ1) is 23.4. The largest absolute Gasteiger partial charge is 0.495 e. The lowest BCUT2D eigenvalue weighted by atomic mass is 9.89. The van der Waals surface area contributed by atoms with Crippen molar-refractivity contribution < 1.29 is 13.9 Å². The summed E-state index contributed by atoms with van der Waals surface area (Å²) >= 11 is 0. The third-order valence-electron chi connectivity index (χ3n) is 7.50. The summed E-state index contributed by atoms with van der Waals surface area (Å²) in [6, 6.07) is 6.31. The van der Waals surface area contributed by atoms with Crippen LogP contribution in [0.5, 0.6) is 5.75 Å². The van der Waals surface area contributed by atoms with Crippen molar-refractivity contribution >= 4 is 29.2 Å². The Morgan fingerprint density at radius 1 is 1.12 bits per heavy atom. The molecule has 1 amide bonds. The van der Waals surface area contributed by atoms with E-state index >= 15 is 0 Å². The fraction of sp³-hybridized carbons (Fsp3) is 0.640. The van der Waals surface area contributed by atoms with Crippen molar-refractivity contribution in [3.05, 3.63) is 30.0 Å². The Hall–Kier alpha value is -1.79. The van der Waals surface area contributed by atoms with Crippen molar-refractivity contribution in [1.29, 1.82) is 0 Å². The molecule has 7 heteroatoms. The number of benzene rings is 1. The smallest absolute Gasteiger partial charge is 0.256 e. The van der Waals surface area contributed by atoms with Crippen LogP contribution in [-0.2, 0) is 6.54 Å². The Labute approximate surface area is 196 Å². The minimum atomic E-state index is -0.391. The van der Waals surface area contributed by atoms with Crippen LogP contribution in [0.25, 0.3) is 10.9 Å². The molecule has 1 aliphatic heterocycles. The molecule has 2 aromatic rings. The SMILES string of the molecule is COc1cccc2c(C(=O)N3CCN(C4CC4)C(CF)C3)cn(CC3CCCCC3)c12.Cl. The van der Waals surface area contributed by atoms with Gasteiger partial charge in [0.2, 0.25) is 0 Å². The van der Waals surface area contributed by atoms with E-state index in [1.54, 1.807) is 7.11 Å². The number of aromatic nitrogens is 1. The predicted octanol–water partition coefficient (Wildman–Crippen LogP) is 4.91. The number of nitrogens with zero attached hydrogens (tertiary/aromatic N) is 3.